The molecule has 8 heteroatoms. The first-order valence-corrected chi connectivity index (χ1v) is 7.88. The van der Waals surface area contributed by atoms with E-state index in [0.717, 1.165) is 27.7 Å². The molecule has 0 amide bonds. The molecule has 3 heterocycles. The van der Waals surface area contributed by atoms with Crippen molar-refractivity contribution in [3.8, 4) is 0 Å². The van der Waals surface area contributed by atoms with Crippen LogP contribution in [0.5, 0.6) is 0 Å². The predicted molar refractivity (Wildman–Crippen MR) is 86.7 cm³/mol. The number of imidazole rings is 1. The smallest absolute Gasteiger partial charge is 0.208 e. The maximum Gasteiger partial charge on any atom is 0.208 e. The maximum absolute atomic E-state index is 4.60. The Hall–Kier alpha value is -2.22. The summed E-state index contributed by atoms with van der Waals surface area (Å²) in [6.07, 6.45) is 7.72. The van der Waals surface area contributed by atoms with Gasteiger partial charge in [0.1, 0.15) is 22.4 Å². The molecule has 22 heavy (non-hydrogen) atoms. The van der Waals surface area contributed by atoms with Crippen molar-refractivity contribution in [1.82, 2.24) is 24.3 Å². The van der Waals surface area contributed by atoms with E-state index in [0.29, 0.717) is 12.6 Å². The molecule has 2 N–H and O–H groups in total. The fourth-order valence-corrected chi connectivity index (χ4v) is 2.49. The molecule has 1 aliphatic rings. The monoisotopic (exact) mass is 359 g/mol. The molecule has 0 atom stereocenters. The average molecular weight is 360 g/mol. The van der Waals surface area contributed by atoms with Crippen LogP contribution in [0.25, 0.3) is 5.65 Å². The van der Waals surface area contributed by atoms with Crippen LogP contribution in [0, 0.1) is 0 Å². The minimum absolute atomic E-state index is 0.556. The van der Waals surface area contributed by atoms with Gasteiger partial charge in [0, 0.05) is 24.5 Å². The van der Waals surface area contributed by atoms with Gasteiger partial charge in [0.25, 0.3) is 0 Å². The number of nitrogens with zero attached hydrogens (tertiary/aromatic N) is 5. The molecule has 7 nitrogen and oxygen atoms in total. The van der Waals surface area contributed by atoms with Gasteiger partial charge in [-0.1, -0.05) is 0 Å². The van der Waals surface area contributed by atoms with Gasteiger partial charge in [-0.05, 0) is 34.8 Å². The van der Waals surface area contributed by atoms with E-state index in [-0.39, 0.29) is 0 Å². The molecule has 0 radical (unpaired) electrons. The number of hydrogen-bond acceptors (Lipinski definition) is 6. The van der Waals surface area contributed by atoms with Crippen molar-refractivity contribution in [2.24, 2.45) is 0 Å². The second-order valence-corrected chi connectivity index (χ2v) is 6.04. The number of anilines is 2. The molecule has 3 aromatic rings. The first-order valence-electron chi connectivity index (χ1n) is 7.09. The highest BCUT2D eigenvalue weighted by Crippen LogP contribution is 2.24. The summed E-state index contributed by atoms with van der Waals surface area (Å²) in [5.74, 6) is 1.61. The molecule has 1 aliphatic carbocycles. The normalized spacial score (nSPS) is 14.2. The molecule has 0 unspecified atom stereocenters. The molecule has 1 fully saturated rings. The molecule has 0 aliphatic heterocycles. The van der Waals surface area contributed by atoms with Crippen molar-refractivity contribution in [2.45, 2.75) is 25.4 Å². The summed E-state index contributed by atoms with van der Waals surface area (Å²) < 4.78 is 2.74. The van der Waals surface area contributed by atoms with Crippen LogP contribution in [0.3, 0.4) is 0 Å². The highest BCUT2D eigenvalue weighted by molar-refractivity contribution is 9.10. The molecular weight excluding hydrogens is 346 g/mol. The molecule has 0 aromatic carbocycles. The molecule has 4 rings (SSSR count). The molecule has 0 bridgehead atoms. The fraction of sp³-hybridized carbons (Fsp3) is 0.286. The van der Waals surface area contributed by atoms with Gasteiger partial charge in [-0.2, -0.15) is 0 Å². The first kappa shape index (κ1) is 13.4. The van der Waals surface area contributed by atoms with Crippen LogP contribution in [-0.2, 0) is 6.54 Å². The lowest BCUT2D eigenvalue weighted by molar-refractivity contribution is 1.01. The highest BCUT2D eigenvalue weighted by atomic mass is 79.9. The maximum atomic E-state index is 4.60. The first-order chi connectivity index (χ1) is 10.8. The Morgan fingerprint density at radius 3 is 3.00 bits per heavy atom. The van der Waals surface area contributed by atoms with Crippen LogP contribution in [0.4, 0.5) is 11.8 Å². The molecule has 112 valence electrons. The van der Waals surface area contributed by atoms with Gasteiger partial charge in [0.15, 0.2) is 0 Å². The van der Waals surface area contributed by atoms with Crippen LogP contribution in [0.1, 0.15) is 18.5 Å². The third kappa shape index (κ3) is 2.87. The topological polar surface area (TPSA) is 80.0 Å². The van der Waals surface area contributed by atoms with Crippen molar-refractivity contribution in [3.05, 3.63) is 41.2 Å². The van der Waals surface area contributed by atoms with Crippen LogP contribution >= 0.6 is 15.9 Å². The minimum Gasteiger partial charge on any atom is -0.364 e. The van der Waals surface area contributed by atoms with Gasteiger partial charge in [-0.15, -0.1) is 0 Å². The lowest BCUT2D eigenvalue weighted by Gasteiger charge is -2.05. The number of fused-ring (bicyclic) bond motifs is 1. The van der Waals surface area contributed by atoms with Crippen molar-refractivity contribution in [1.29, 1.82) is 0 Å². The van der Waals surface area contributed by atoms with Crippen LogP contribution in [-0.4, -0.2) is 30.4 Å². The van der Waals surface area contributed by atoms with E-state index in [2.05, 4.69) is 46.5 Å². The number of hydrogen-bond donors (Lipinski definition) is 2. The summed E-state index contributed by atoms with van der Waals surface area (Å²) in [6.45, 7) is 0.591. The number of nitrogens with one attached hydrogen (secondary N) is 2. The number of halogens is 1. The van der Waals surface area contributed by atoms with Crippen LogP contribution in [0.15, 0.2) is 35.5 Å². The van der Waals surface area contributed by atoms with Gasteiger partial charge in [-0.25, -0.2) is 19.9 Å². The zero-order chi connectivity index (χ0) is 14.9. The van der Waals surface area contributed by atoms with Gasteiger partial charge >= 0.3 is 0 Å². The zero-order valence-corrected chi connectivity index (χ0v) is 13.3. The highest BCUT2D eigenvalue weighted by Gasteiger charge is 2.22. The third-order valence-electron chi connectivity index (χ3n) is 3.43. The Balaban J connectivity index is 1.54. The molecular formula is C14H14BrN7. The van der Waals surface area contributed by atoms with Crippen LogP contribution < -0.4 is 10.6 Å². The van der Waals surface area contributed by atoms with Crippen molar-refractivity contribution in [3.63, 3.8) is 0 Å². The minimum atomic E-state index is 0.556. The quantitative estimate of drug-likeness (QED) is 0.681. The van der Waals surface area contributed by atoms with E-state index in [9.17, 15) is 0 Å². The summed E-state index contributed by atoms with van der Waals surface area (Å²) >= 11 is 3.33. The van der Waals surface area contributed by atoms with E-state index in [4.69, 9.17) is 0 Å². The Morgan fingerprint density at radius 1 is 1.27 bits per heavy atom. The molecule has 0 saturated heterocycles. The summed E-state index contributed by atoms with van der Waals surface area (Å²) in [4.78, 5) is 17.2. The SMILES string of the molecule is Brc1cc(NCc2cn3c(NC4CC4)nccc3n2)ncn1. The fourth-order valence-electron chi connectivity index (χ4n) is 2.18. The standard InChI is InChI=1S/C14H14BrN7/c15-11-5-12(19-8-18-11)17-6-10-7-22-13(20-10)3-4-16-14(22)21-9-1-2-9/h3-5,7-9H,1-2,6H2,(H,16,21)(H,17,18,19). The second-order valence-electron chi connectivity index (χ2n) is 5.23. The molecule has 3 aromatic heterocycles. The Morgan fingerprint density at radius 2 is 2.18 bits per heavy atom. The van der Waals surface area contributed by atoms with E-state index in [1.54, 1.807) is 6.20 Å². The summed E-state index contributed by atoms with van der Waals surface area (Å²) in [7, 11) is 0. The van der Waals surface area contributed by atoms with Crippen molar-refractivity contribution in [2.75, 3.05) is 10.6 Å². The van der Waals surface area contributed by atoms with Crippen LogP contribution in [0.2, 0.25) is 0 Å². The van der Waals surface area contributed by atoms with Gasteiger partial charge in [0.2, 0.25) is 5.95 Å². The molecule has 0 spiro atoms. The zero-order valence-electron chi connectivity index (χ0n) is 11.7. The summed E-state index contributed by atoms with van der Waals surface area (Å²) in [5, 5.41) is 6.66. The van der Waals surface area contributed by atoms with E-state index in [1.165, 1.54) is 19.2 Å². The average Bonchev–Trinajstić information content (AvgIpc) is 3.22. The largest absolute Gasteiger partial charge is 0.364 e. The van der Waals surface area contributed by atoms with Crippen molar-refractivity contribution >= 4 is 33.3 Å². The number of rotatable bonds is 5. The summed E-state index contributed by atoms with van der Waals surface area (Å²) in [6, 6.07) is 4.29. The van der Waals surface area contributed by atoms with Gasteiger partial charge in [0.05, 0.1) is 12.2 Å². The summed E-state index contributed by atoms with van der Waals surface area (Å²) in [5.41, 5.74) is 1.82. The van der Waals surface area contributed by atoms with E-state index < -0.39 is 0 Å². The third-order valence-corrected chi connectivity index (χ3v) is 3.86. The lowest BCUT2D eigenvalue weighted by Crippen LogP contribution is -2.07. The Kier molecular flexibility index (Phi) is 3.38. The van der Waals surface area contributed by atoms with Crippen molar-refractivity contribution < 1.29 is 0 Å². The second kappa shape index (κ2) is 5.53. The van der Waals surface area contributed by atoms with Gasteiger partial charge < -0.3 is 10.6 Å². The van der Waals surface area contributed by atoms with E-state index >= 15 is 0 Å². The van der Waals surface area contributed by atoms with Gasteiger partial charge in [-0.3, -0.25) is 4.40 Å². The number of aromatic nitrogens is 5. The molecule has 1 saturated carbocycles. The predicted octanol–water partition coefficient (Wildman–Crippen LogP) is 2.47. The van der Waals surface area contributed by atoms with E-state index in [1.807, 2.05) is 22.7 Å². The Labute approximate surface area is 135 Å². The lowest BCUT2D eigenvalue weighted by atomic mass is 10.4. The Bertz CT molecular complexity index is 812.